The molecule has 0 saturated heterocycles. The monoisotopic (exact) mass is 300 g/mol. The number of benzene rings is 2. The molecular weight excluding hydrogens is 280 g/mol. The van der Waals surface area contributed by atoms with Crippen LogP contribution in [0.1, 0.15) is 16.7 Å². The van der Waals surface area contributed by atoms with Crippen LogP contribution in [-0.2, 0) is 5.41 Å². The quantitative estimate of drug-likeness (QED) is 0.780. The van der Waals surface area contributed by atoms with Crippen LogP contribution in [0, 0.1) is 6.92 Å². The maximum atomic E-state index is 2.40. The maximum Gasteiger partial charge on any atom is 0.0395 e. The molecule has 1 aliphatic carbocycles. The number of hydrogen-bond donors (Lipinski definition) is 0. The molecule has 20 heavy (non-hydrogen) atoms. The molecule has 0 spiro atoms. The molecule has 0 bridgehead atoms. The lowest BCUT2D eigenvalue weighted by molar-refractivity contribution is 0.686. The average Bonchev–Trinajstić information content (AvgIpc) is 2.71. The first-order chi connectivity index (χ1) is 9.73. The molecule has 2 aromatic rings. The molecule has 1 aliphatic rings. The van der Waals surface area contributed by atoms with E-state index in [2.05, 4.69) is 61.9 Å². The highest BCUT2D eigenvalue weighted by Crippen LogP contribution is 2.51. The molecule has 0 aliphatic heterocycles. The fourth-order valence-corrected chi connectivity index (χ4v) is 5.36. The number of fused-ring (bicyclic) bond motifs is 3. The fourth-order valence-electron chi connectivity index (χ4n) is 3.41. The zero-order valence-corrected chi connectivity index (χ0v) is 13.9. The molecule has 104 valence electrons. The standard InChI is InChI=1S/C18H20S2/c1-13-8-9-15-14-6-4-5-7-16(14)18(11-19-2,12-20-3)17(15)10-13/h4-10H,11-12H2,1-3H3. The summed E-state index contributed by atoms with van der Waals surface area (Å²) in [5.41, 5.74) is 7.46. The predicted octanol–water partition coefficient (Wildman–Crippen LogP) is 4.99. The van der Waals surface area contributed by atoms with Crippen LogP contribution in [0.15, 0.2) is 42.5 Å². The van der Waals surface area contributed by atoms with E-state index in [0.717, 1.165) is 11.5 Å². The fraction of sp³-hybridized carbons (Fsp3) is 0.333. The van der Waals surface area contributed by atoms with Crippen molar-refractivity contribution in [1.29, 1.82) is 0 Å². The molecule has 2 heteroatoms. The summed E-state index contributed by atoms with van der Waals surface area (Å²) in [6.07, 6.45) is 4.44. The Labute approximate surface area is 130 Å². The van der Waals surface area contributed by atoms with E-state index in [-0.39, 0.29) is 5.41 Å². The molecule has 0 aromatic heterocycles. The van der Waals surface area contributed by atoms with Crippen LogP contribution in [0.4, 0.5) is 0 Å². The Morgan fingerprint density at radius 3 is 2.20 bits per heavy atom. The second-order valence-electron chi connectivity index (χ2n) is 5.54. The maximum absolute atomic E-state index is 2.40. The van der Waals surface area contributed by atoms with Gasteiger partial charge in [0, 0.05) is 16.9 Å². The molecule has 0 atom stereocenters. The van der Waals surface area contributed by atoms with Gasteiger partial charge in [0.2, 0.25) is 0 Å². The van der Waals surface area contributed by atoms with E-state index in [1.165, 1.54) is 27.8 Å². The summed E-state index contributed by atoms with van der Waals surface area (Å²) in [6.45, 7) is 2.20. The van der Waals surface area contributed by atoms with Crippen molar-refractivity contribution in [2.75, 3.05) is 24.0 Å². The normalized spacial score (nSPS) is 14.9. The smallest absolute Gasteiger partial charge is 0.0395 e. The van der Waals surface area contributed by atoms with Crippen molar-refractivity contribution in [1.82, 2.24) is 0 Å². The molecule has 0 amide bonds. The first-order valence-corrected chi connectivity index (χ1v) is 9.70. The van der Waals surface area contributed by atoms with E-state index in [9.17, 15) is 0 Å². The zero-order valence-electron chi connectivity index (χ0n) is 12.3. The largest absolute Gasteiger partial charge is 0.164 e. The highest BCUT2D eigenvalue weighted by Gasteiger charge is 2.42. The van der Waals surface area contributed by atoms with Gasteiger partial charge in [0.25, 0.3) is 0 Å². The van der Waals surface area contributed by atoms with Crippen molar-refractivity contribution in [3.05, 3.63) is 59.2 Å². The summed E-state index contributed by atoms with van der Waals surface area (Å²) < 4.78 is 0. The summed E-state index contributed by atoms with van der Waals surface area (Å²) in [6, 6.07) is 15.9. The van der Waals surface area contributed by atoms with E-state index < -0.39 is 0 Å². The number of aryl methyl sites for hydroxylation is 1. The van der Waals surface area contributed by atoms with Crippen molar-refractivity contribution < 1.29 is 0 Å². The number of thioether (sulfide) groups is 2. The SMILES string of the molecule is CSCC1(CSC)c2ccccc2-c2ccc(C)cc21. The van der Waals surface area contributed by atoms with Gasteiger partial charge >= 0.3 is 0 Å². The van der Waals surface area contributed by atoms with E-state index in [0.29, 0.717) is 0 Å². The van der Waals surface area contributed by atoms with Crippen molar-refractivity contribution >= 4 is 23.5 Å². The highest BCUT2D eigenvalue weighted by atomic mass is 32.2. The lowest BCUT2D eigenvalue weighted by atomic mass is 9.81. The third-order valence-corrected chi connectivity index (χ3v) is 5.77. The summed E-state index contributed by atoms with van der Waals surface area (Å²) in [5, 5.41) is 0. The van der Waals surface area contributed by atoms with Crippen LogP contribution in [-0.4, -0.2) is 24.0 Å². The number of rotatable bonds is 4. The van der Waals surface area contributed by atoms with Gasteiger partial charge in [-0.3, -0.25) is 0 Å². The van der Waals surface area contributed by atoms with Crippen LogP contribution in [0.5, 0.6) is 0 Å². The molecule has 2 aromatic carbocycles. The Bertz CT molecular complexity index is 625. The van der Waals surface area contributed by atoms with Crippen molar-refractivity contribution in [3.8, 4) is 11.1 Å². The second kappa shape index (κ2) is 5.50. The summed E-state index contributed by atoms with van der Waals surface area (Å²) in [5.74, 6) is 2.31. The minimum Gasteiger partial charge on any atom is -0.164 e. The number of hydrogen-bond acceptors (Lipinski definition) is 2. The minimum absolute atomic E-state index is 0.177. The topological polar surface area (TPSA) is 0 Å². The second-order valence-corrected chi connectivity index (χ2v) is 7.27. The van der Waals surface area contributed by atoms with Crippen LogP contribution < -0.4 is 0 Å². The van der Waals surface area contributed by atoms with Gasteiger partial charge in [-0.05, 0) is 41.7 Å². The third kappa shape index (κ3) is 2.01. The van der Waals surface area contributed by atoms with Gasteiger partial charge < -0.3 is 0 Å². The lowest BCUT2D eigenvalue weighted by Gasteiger charge is -2.31. The van der Waals surface area contributed by atoms with Crippen molar-refractivity contribution in [3.63, 3.8) is 0 Å². The molecular formula is C18H20S2. The highest BCUT2D eigenvalue weighted by molar-refractivity contribution is 7.99. The molecule has 0 nitrogen and oxygen atoms in total. The molecule has 0 fully saturated rings. The van der Waals surface area contributed by atoms with Crippen molar-refractivity contribution in [2.45, 2.75) is 12.3 Å². The predicted molar refractivity (Wildman–Crippen MR) is 94.2 cm³/mol. The first-order valence-electron chi connectivity index (χ1n) is 6.92. The van der Waals surface area contributed by atoms with E-state index >= 15 is 0 Å². The summed E-state index contributed by atoms with van der Waals surface area (Å²) >= 11 is 3.91. The van der Waals surface area contributed by atoms with Gasteiger partial charge in [0.1, 0.15) is 0 Å². The van der Waals surface area contributed by atoms with Gasteiger partial charge in [-0.2, -0.15) is 23.5 Å². The zero-order chi connectivity index (χ0) is 14.2. The Morgan fingerprint density at radius 2 is 1.50 bits per heavy atom. The van der Waals surface area contributed by atoms with E-state index in [4.69, 9.17) is 0 Å². The van der Waals surface area contributed by atoms with E-state index in [1.807, 2.05) is 23.5 Å². The molecule has 3 rings (SSSR count). The molecule has 0 radical (unpaired) electrons. The van der Waals surface area contributed by atoms with Gasteiger partial charge in [-0.15, -0.1) is 0 Å². The summed E-state index contributed by atoms with van der Waals surface area (Å²) in [7, 11) is 0. The third-order valence-electron chi connectivity index (χ3n) is 4.20. The summed E-state index contributed by atoms with van der Waals surface area (Å²) in [4.78, 5) is 0. The van der Waals surface area contributed by atoms with Crippen LogP contribution in [0.25, 0.3) is 11.1 Å². The van der Waals surface area contributed by atoms with Crippen LogP contribution in [0.3, 0.4) is 0 Å². The van der Waals surface area contributed by atoms with E-state index in [1.54, 1.807) is 0 Å². The Hall–Kier alpha value is -0.860. The first kappa shape index (κ1) is 14.1. The van der Waals surface area contributed by atoms with Crippen LogP contribution in [0.2, 0.25) is 0 Å². The average molecular weight is 300 g/mol. The Balaban J connectivity index is 2.30. The molecule has 0 heterocycles. The van der Waals surface area contributed by atoms with Gasteiger partial charge in [-0.25, -0.2) is 0 Å². The van der Waals surface area contributed by atoms with Gasteiger partial charge in [0.05, 0.1) is 0 Å². The Kier molecular flexibility index (Phi) is 3.87. The molecule has 0 unspecified atom stereocenters. The minimum atomic E-state index is 0.177. The van der Waals surface area contributed by atoms with Gasteiger partial charge in [-0.1, -0.05) is 48.0 Å². The van der Waals surface area contributed by atoms with Crippen LogP contribution >= 0.6 is 23.5 Å². The van der Waals surface area contributed by atoms with Gasteiger partial charge in [0.15, 0.2) is 0 Å². The lowest BCUT2D eigenvalue weighted by Crippen LogP contribution is -2.31. The van der Waals surface area contributed by atoms with Crippen molar-refractivity contribution in [2.24, 2.45) is 0 Å². The molecule has 0 saturated carbocycles. The Morgan fingerprint density at radius 1 is 0.850 bits per heavy atom. The molecule has 0 N–H and O–H groups in total.